The van der Waals surface area contributed by atoms with Crippen LogP contribution in [-0.2, 0) is 29.2 Å². The van der Waals surface area contributed by atoms with Gasteiger partial charge in [0.25, 0.3) is 0 Å². The number of esters is 1. The van der Waals surface area contributed by atoms with Crippen LogP contribution in [0.4, 0.5) is 0 Å². The fourth-order valence-electron chi connectivity index (χ4n) is 3.76. The number of hydrogen-bond acceptors (Lipinski definition) is 2. The largest absolute Gasteiger partial charge is 0.409 e. The van der Waals surface area contributed by atoms with Crippen molar-refractivity contribution in [1.82, 2.24) is 0 Å². The molecule has 0 amide bonds. The molecule has 3 aromatic carbocycles. The zero-order valence-corrected chi connectivity index (χ0v) is 17.8. The van der Waals surface area contributed by atoms with Crippen LogP contribution in [0.15, 0.2) is 103 Å². The van der Waals surface area contributed by atoms with Crippen molar-refractivity contribution in [2.75, 3.05) is 0 Å². The van der Waals surface area contributed by atoms with E-state index < -0.39 is 0 Å². The number of carbonyl (C=O) groups excluding carboxylic acids is 1. The van der Waals surface area contributed by atoms with Gasteiger partial charge in [-0.25, -0.2) is 4.79 Å². The van der Waals surface area contributed by atoms with Gasteiger partial charge in [0, 0.05) is 29.2 Å². The highest BCUT2D eigenvalue weighted by atomic mass is 16.6. The lowest BCUT2D eigenvalue weighted by Crippen LogP contribution is -2.54. The van der Waals surface area contributed by atoms with Crippen molar-refractivity contribution in [1.29, 1.82) is 0 Å². The maximum absolute atomic E-state index is 12.4. The Bertz CT molecular complexity index is 851. The van der Waals surface area contributed by atoms with E-state index in [-0.39, 0.29) is 12.2 Å². The van der Waals surface area contributed by atoms with Crippen LogP contribution in [0, 0.1) is 0 Å². The maximum Gasteiger partial charge on any atom is 0.337 e. The molecule has 3 aromatic rings. The summed E-state index contributed by atoms with van der Waals surface area (Å²) in [6, 6.07) is 31.2. The molecule has 0 N–H and O–H groups in total. The SMILES string of the molecule is C=C(C)C(=O)OC(C)[N+](Cc1ccccc1)(Cc1ccccc1)Cc1ccccc1. The third-order valence-electron chi connectivity index (χ3n) is 5.42. The Morgan fingerprint density at radius 1 is 0.767 bits per heavy atom. The van der Waals surface area contributed by atoms with Crippen molar-refractivity contribution in [2.45, 2.75) is 39.7 Å². The first-order valence-electron chi connectivity index (χ1n) is 10.3. The van der Waals surface area contributed by atoms with Crippen molar-refractivity contribution < 1.29 is 14.0 Å². The summed E-state index contributed by atoms with van der Waals surface area (Å²) >= 11 is 0. The normalized spacial score (nSPS) is 12.2. The monoisotopic (exact) mass is 400 g/mol. The van der Waals surface area contributed by atoms with Crippen LogP contribution in [0.25, 0.3) is 0 Å². The molecule has 1 atom stereocenters. The summed E-state index contributed by atoms with van der Waals surface area (Å²) in [6.45, 7) is 9.68. The van der Waals surface area contributed by atoms with E-state index >= 15 is 0 Å². The highest BCUT2D eigenvalue weighted by molar-refractivity contribution is 5.86. The Balaban J connectivity index is 2.04. The summed E-state index contributed by atoms with van der Waals surface area (Å²) in [4.78, 5) is 12.4. The van der Waals surface area contributed by atoms with Gasteiger partial charge in [-0.1, -0.05) is 97.6 Å². The molecule has 0 bridgehead atoms. The standard InChI is InChI=1S/C27H30NO2/c1-22(2)27(29)30-23(3)28(19-24-13-7-4-8-14-24,20-25-15-9-5-10-16-25)21-26-17-11-6-12-18-26/h4-18,23H,1,19-21H2,2-3H3/q+1. The van der Waals surface area contributed by atoms with Crippen molar-refractivity contribution in [2.24, 2.45) is 0 Å². The van der Waals surface area contributed by atoms with Crippen LogP contribution in [0.5, 0.6) is 0 Å². The van der Waals surface area contributed by atoms with E-state index in [0.717, 1.165) is 19.6 Å². The average molecular weight is 401 g/mol. The Hall–Kier alpha value is -3.17. The van der Waals surface area contributed by atoms with Crippen LogP contribution in [0.1, 0.15) is 30.5 Å². The minimum absolute atomic E-state index is 0.348. The third kappa shape index (κ3) is 5.68. The quantitative estimate of drug-likeness (QED) is 0.194. The van der Waals surface area contributed by atoms with E-state index in [9.17, 15) is 4.79 Å². The molecule has 3 rings (SSSR count). The summed E-state index contributed by atoms with van der Waals surface area (Å²) in [5, 5.41) is 0. The van der Waals surface area contributed by atoms with E-state index in [1.807, 2.05) is 25.1 Å². The summed E-state index contributed by atoms with van der Waals surface area (Å²) in [7, 11) is 0. The summed E-state index contributed by atoms with van der Waals surface area (Å²) in [6.07, 6.45) is -0.352. The predicted octanol–water partition coefficient (Wildman–Crippen LogP) is 5.87. The molecule has 30 heavy (non-hydrogen) atoms. The summed E-state index contributed by atoms with van der Waals surface area (Å²) in [5.74, 6) is -0.348. The second-order valence-electron chi connectivity index (χ2n) is 7.93. The molecule has 154 valence electrons. The Morgan fingerprint density at radius 3 is 1.40 bits per heavy atom. The van der Waals surface area contributed by atoms with Gasteiger partial charge in [-0.05, 0) is 6.92 Å². The molecule has 0 heterocycles. The van der Waals surface area contributed by atoms with Gasteiger partial charge in [-0.3, -0.25) is 4.48 Å². The minimum Gasteiger partial charge on any atom is -0.409 e. The molecule has 0 saturated heterocycles. The molecule has 0 saturated carbocycles. The van der Waals surface area contributed by atoms with Gasteiger partial charge in [-0.15, -0.1) is 0 Å². The molecular formula is C27H30NO2+. The molecule has 3 heteroatoms. The van der Waals surface area contributed by atoms with Crippen molar-refractivity contribution >= 4 is 5.97 Å². The first-order chi connectivity index (χ1) is 14.5. The van der Waals surface area contributed by atoms with Crippen molar-refractivity contribution in [3.05, 3.63) is 120 Å². The number of benzene rings is 3. The molecule has 1 unspecified atom stereocenters. The second-order valence-corrected chi connectivity index (χ2v) is 7.93. The smallest absolute Gasteiger partial charge is 0.337 e. The highest BCUT2D eigenvalue weighted by Crippen LogP contribution is 2.29. The Morgan fingerprint density at radius 2 is 1.10 bits per heavy atom. The van der Waals surface area contributed by atoms with E-state index in [1.54, 1.807) is 6.92 Å². The average Bonchev–Trinajstić information content (AvgIpc) is 2.75. The van der Waals surface area contributed by atoms with Crippen LogP contribution < -0.4 is 0 Å². The molecule has 0 aliphatic heterocycles. The van der Waals surface area contributed by atoms with E-state index in [2.05, 4.69) is 79.4 Å². The topological polar surface area (TPSA) is 26.3 Å². The van der Waals surface area contributed by atoms with Crippen molar-refractivity contribution in [3.8, 4) is 0 Å². The van der Waals surface area contributed by atoms with Gasteiger partial charge in [-0.2, -0.15) is 0 Å². The summed E-state index contributed by atoms with van der Waals surface area (Å²) in [5.41, 5.74) is 4.05. The molecule has 3 nitrogen and oxygen atoms in total. The molecule has 0 aliphatic rings. The third-order valence-corrected chi connectivity index (χ3v) is 5.42. The van der Waals surface area contributed by atoms with Gasteiger partial charge in [0.15, 0.2) is 0 Å². The first kappa shape index (κ1) is 21.5. The highest BCUT2D eigenvalue weighted by Gasteiger charge is 2.37. The second kappa shape index (κ2) is 10.0. The van der Waals surface area contributed by atoms with Crippen molar-refractivity contribution in [3.63, 3.8) is 0 Å². The molecule has 0 spiro atoms. The lowest BCUT2D eigenvalue weighted by Gasteiger charge is -2.43. The fourth-order valence-corrected chi connectivity index (χ4v) is 3.76. The molecular weight excluding hydrogens is 370 g/mol. The zero-order valence-electron chi connectivity index (χ0n) is 17.8. The van der Waals surface area contributed by atoms with E-state index in [0.29, 0.717) is 10.1 Å². The number of nitrogens with zero attached hydrogens (tertiary/aromatic N) is 1. The van der Waals surface area contributed by atoms with E-state index in [4.69, 9.17) is 4.74 Å². The first-order valence-corrected chi connectivity index (χ1v) is 10.3. The predicted molar refractivity (Wildman–Crippen MR) is 121 cm³/mol. The van der Waals surface area contributed by atoms with Gasteiger partial charge in [0.1, 0.15) is 19.6 Å². The summed E-state index contributed by atoms with van der Waals surface area (Å²) < 4.78 is 6.49. The number of ether oxygens (including phenoxy) is 1. The molecule has 0 aromatic heterocycles. The van der Waals surface area contributed by atoms with Gasteiger partial charge in [0.05, 0.1) is 0 Å². The molecule has 0 aliphatic carbocycles. The van der Waals surface area contributed by atoms with Crippen LogP contribution in [0.3, 0.4) is 0 Å². The maximum atomic E-state index is 12.4. The number of carbonyl (C=O) groups is 1. The zero-order chi connectivity index (χ0) is 21.4. The lowest BCUT2D eigenvalue weighted by molar-refractivity contribution is -1.00. The Labute approximate surface area is 179 Å². The lowest BCUT2D eigenvalue weighted by atomic mass is 10.1. The van der Waals surface area contributed by atoms with Gasteiger partial charge >= 0.3 is 5.97 Å². The van der Waals surface area contributed by atoms with Gasteiger partial charge < -0.3 is 4.74 Å². The van der Waals surface area contributed by atoms with Crippen LogP contribution in [0.2, 0.25) is 0 Å². The van der Waals surface area contributed by atoms with Crippen LogP contribution in [-0.4, -0.2) is 16.7 Å². The Kier molecular flexibility index (Phi) is 7.21. The van der Waals surface area contributed by atoms with Gasteiger partial charge in [0.2, 0.25) is 6.23 Å². The molecule has 0 fully saturated rings. The van der Waals surface area contributed by atoms with E-state index in [1.165, 1.54) is 16.7 Å². The number of quaternary nitrogens is 1. The number of hydrogen-bond donors (Lipinski definition) is 0. The minimum atomic E-state index is -0.352. The fraction of sp³-hybridized carbons (Fsp3) is 0.222. The molecule has 0 radical (unpaired) electrons. The van der Waals surface area contributed by atoms with Crippen LogP contribution >= 0.6 is 0 Å². The number of rotatable bonds is 9.